The fourth-order valence-electron chi connectivity index (χ4n) is 4.50. The molecule has 0 saturated carbocycles. The van der Waals surface area contributed by atoms with Gasteiger partial charge in [-0.25, -0.2) is 0 Å². The molecule has 0 saturated heterocycles. The Labute approximate surface area is 210 Å². The predicted molar refractivity (Wildman–Crippen MR) is 139 cm³/mol. The summed E-state index contributed by atoms with van der Waals surface area (Å²) in [5.41, 5.74) is 6.46. The summed E-state index contributed by atoms with van der Waals surface area (Å²) >= 11 is 6.09. The predicted octanol–water partition coefficient (Wildman–Crippen LogP) is 6.96. The van der Waals surface area contributed by atoms with Gasteiger partial charge in [-0.3, -0.25) is 9.89 Å². The fourth-order valence-corrected chi connectivity index (χ4v) is 4.63. The third kappa shape index (κ3) is 4.69. The summed E-state index contributed by atoms with van der Waals surface area (Å²) in [4.78, 5) is 15.5. The average Bonchev–Trinajstić information content (AvgIpc) is 3.41. The van der Waals surface area contributed by atoms with Crippen molar-refractivity contribution >= 4 is 17.5 Å². The standard InChI is InChI=1S/C29H28ClN3O2/c1-3-4-17-35-24-15-11-22(12-16-24)28-25-26(21-9-5-19(2)6-10-21)31-32-27(25)29(34)33(28)18-20-7-13-23(30)14-8-20/h5-16,28H,3-4,17-18H2,1-2H3,(H,31,32). The maximum atomic E-state index is 13.6. The molecule has 1 atom stereocenters. The number of carbonyl (C=O) groups excluding carboxylic acids is 1. The van der Waals surface area contributed by atoms with E-state index in [4.69, 9.17) is 16.3 Å². The Hall–Kier alpha value is -3.57. The molecule has 1 amide bonds. The van der Waals surface area contributed by atoms with Crippen molar-refractivity contribution in [2.45, 2.75) is 39.3 Å². The van der Waals surface area contributed by atoms with Crippen LogP contribution in [0.2, 0.25) is 5.02 Å². The van der Waals surface area contributed by atoms with Gasteiger partial charge >= 0.3 is 0 Å². The van der Waals surface area contributed by atoms with E-state index in [2.05, 4.69) is 60.4 Å². The quantitative estimate of drug-likeness (QED) is 0.274. The molecule has 3 aromatic carbocycles. The van der Waals surface area contributed by atoms with E-state index in [0.717, 1.165) is 46.5 Å². The molecule has 1 aliphatic heterocycles. The number of unbranched alkanes of at least 4 members (excludes halogenated alkanes) is 1. The number of carbonyl (C=O) groups is 1. The van der Waals surface area contributed by atoms with Crippen molar-refractivity contribution in [1.29, 1.82) is 0 Å². The molecule has 5 rings (SSSR count). The lowest BCUT2D eigenvalue weighted by atomic mass is 9.95. The molecular formula is C29H28ClN3O2. The number of ether oxygens (including phenoxy) is 1. The zero-order valence-electron chi connectivity index (χ0n) is 19.9. The first-order valence-corrected chi connectivity index (χ1v) is 12.4. The highest BCUT2D eigenvalue weighted by molar-refractivity contribution is 6.30. The smallest absolute Gasteiger partial charge is 0.273 e. The van der Waals surface area contributed by atoms with E-state index in [1.807, 2.05) is 41.3 Å². The van der Waals surface area contributed by atoms with E-state index in [-0.39, 0.29) is 11.9 Å². The molecule has 0 radical (unpaired) electrons. The number of nitrogens with zero attached hydrogens (tertiary/aromatic N) is 2. The summed E-state index contributed by atoms with van der Waals surface area (Å²) in [6.45, 7) is 5.37. The van der Waals surface area contributed by atoms with Crippen LogP contribution in [0, 0.1) is 6.92 Å². The number of aromatic amines is 1. The highest BCUT2D eigenvalue weighted by Crippen LogP contribution is 2.43. The largest absolute Gasteiger partial charge is 0.494 e. The number of hydrogen-bond donors (Lipinski definition) is 1. The topological polar surface area (TPSA) is 58.2 Å². The van der Waals surface area contributed by atoms with Crippen molar-refractivity contribution in [1.82, 2.24) is 15.1 Å². The summed E-state index contributed by atoms with van der Waals surface area (Å²) < 4.78 is 5.87. The molecule has 1 N–H and O–H groups in total. The van der Waals surface area contributed by atoms with E-state index < -0.39 is 0 Å². The second kappa shape index (κ2) is 9.96. The zero-order chi connectivity index (χ0) is 24.4. The van der Waals surface area contributed by atoms with Gasteiger partial charge in [0.15, 0.2) is 0 Å². The Morgan fingerprint density at radius 1 is 1.00 bits per heavy atom. The van der Waals surface area contributed by atoms with Crippen molar-refractivity contribution < 1.29 is 9.53 Å². The van der Waals surface area contributed by atoms with Crippen LogP contribution in [-0.2, 0) is 6.54 Å². The van der Waals surface area contributed by atoms with Crippen LogP contribution in [0.4, 0.5) is 0 Å². The van der Waals surface area contributed by atoms with Gasteiger partial charge in [0, 0.05) is 22.7 Å². The number of H-pyrrole nitrogens is 1. The van der Waals surface area contributed by atoms with Gasteiger partial charge in [-0.1, -0.05) is 79.0 Å². The number of hydrogen-bond acceptors (Lipinski definition) is 3. The van der Waals surface area contributed by atoms with Crippen LogP contribution in [0.5, 0.6) is 5.75 Å². The first kappa shape index (κ1) is 23.2. The Bertz CT molecular complexity index is 1310. The van der Waals surface area contributed by atoms with Gasteiger partial charge in [-0.15, -0.1) is 0 Å². The minimum atomic E-state index is -0.270. The minimum Gasteiger partial charge on any atom is -0.494 e. The summed E-state index contributed by atoms with van der Waals surface area (Å²) in [6, 6.07) is 23.7. The molecule has 4 aromatic rings. The summed E-state index contributed by atoms with van der Waals surface area (Å²) in [7, 11) is 0. The highest BCUT2D eigenvalue weighted by atomic mass is 35.5. The second-order valence-corrected chi connectivity index (χ2v) is 9.40. The molecule has 2 heterocycles. The molecule has 0 fully saturated rings. The molecule has 1 aromatic heterocycles. The average molecular weight is 486 g/mol. The lowest BCUT2D eigenvalue weighted by Crippen LogP contribution is -2.29. The Morgan fingerprint density at radius 2 is 1.71 bits per heavy atom. The number of rotatable bonds is 8. The van der Waals surface area contributed by atoms with E-state index in [9.17, 15) is 4.79 Å². The van der Waals surface area contributed by atoms with Gasteiger partial charge in [0.25, 0.3) is 5.91 Å². The molecule has 1 unspecified atom stereocenters. The number of aromatic nitrogens is 2. The lowest BCUT2D eigenvalue weighted by Gasteiger charge is -2.27. The maximum Gasteiger partial charge on any atom is 0.273 e. The fraction of sp³-hybridized carbons (Fsp3) is 0.241. The second-order valence-electron chi connectivity index (χ2n) is 8.96. The van der Waals surface area contributed by atoms with Gasteiger partial charge in [-0.2, -0.15) is 5.10 Å². The van der Waals surface area contributed by atoms with Crippen molar-refractivity contribution in [3.05, 3.63) is 106 Å². The van der Waals surface area contributed by atoms with Crippen LogP contribution in [0.1, 0.15) is 58.5 Å². The molecule has 1 aliphatic rings. The molecule has 178 valence electrons. The zero-order valence-corrected chi connectivity index (χ0v) is 20.7. The molecule has 35 heavy (non-hydrogen) atoms. The van der Waals surface area contributed by atoms with E-state index in [1.165, 1.54) is 5.56 Å². The van der Waals surface area contributed by atoms with Crippen LogP contribution in [0.25, 0.3) is 11.3 Å². The van der Waals surface area contributed by atoms with Gasteiger partial charge in [0.1, 0.15) is 11.4 Å². The molecule has 6 heteroatoms. The van der Waals surface area contributed by atoms with Crippen LogP contribution < -0.4 is 4.74 Å². The van der Waals surface area contributed by atoms with Crippen molar-refractivity contribution in [2.75, 3.05) is 6.61 Å². The molecule has 0 spiro atoms. The van der Waals surface area contributed by atoms with Crippen molar-refractivity contribution in [3.8, 4) is 17.0 Å². The maximum absolute atomic E-state index is 13.6. The van der Waals surface area contributed by atoms with Crippen LogP contribution in [0.15, 0.2) is 72.8 Å². The van der Waals surface area contributed by atoms with Crippen LogP contribution >= 0.6 is 11.6 Å². The monoisotopic (exact) mass is 485 g/mol. The van der Waals surface area contributed by atoms with Crippen molar-refractivity contribution in [3.63, 3.8) is 0 Å². The number of fused-ring (bicyclic) bond motifs is 1. The number of benzene rings is 3. The van der Waals surface area contributed by atoms with E-state index in [1.54, 1.807) is 0 Å². The Balaban J connectivity index is 1.55. The van der Waals surface area contributed by atoms with Gasteiger partial charge < -0.3 is 9.64 Å². The summed E-state index contributed by atoms with van der Waals surface area (Å²) in [5.74, 6) is 0.774. The van der Waals surface area contributed by atoms with Crippen LogP contribution in [0.3, 0.4) is 0 Å². The Kier molecular flexibility index (Phi) is 6.60. The molecule has 0 aliphatic carbocycles. The number of nitrogens with one attached hydrogen (secondary N) is 1. The molecule has 0 bridgehead atoms. The first-order valence-electron chi connectivity index (χ1n) is 12.0. The highest BCUT2D eigenvalue weighted by Gasteiger charge is 2.42. The van der Waals surface area contributed by atoms with Gasteiger partial charge in [0.2, 0.25) is 0 Å². The molecule has 5 nitrogen and oxygen atoms in total. The van der Waals surface area contributed by atoms with E-state index in [0.29, 0.717) is 23.9 Å². The van der Waals surface area contributed by atoms with Crippen molar-refractivity contribution in [2.24, 2.45) is 0 Å². The summed E-state index contributed by atoms with van der Waals surface area (Å²) in [6.07, 6.45) is 2.11. The van der Waals surface area contributed by atoms with Crippen LogP contribution in [-0.4, -0.2) is 27.6 Å². The lowest BCUT2D eigenvalue weighted by molar-refractivity contribution is 0.0730. The number of amides is 1. The SMILES string of the molecule is CCCCOc1ccc(C2c3c(-c4ccc(C)cc4)n[nH]c3C(=O)N2Cc2ccc(Cl)cc2)cc1. The normalized spacial score (nSPS) is 14.9. The first-order chi connectivity index (χ1) is 17.0. The number of halogens is 1. The van der Waals surface area contributed by atoms with E-state index >= 15 is 0 Å². The minimum absolute atomic E-state index is 0.0610. The summed E-state index contributed by atoms with van der Waals surface area (Å²) in [5, 5.41) is 8.28. The molecular weight excluding hydrogens is 458 g/mol. The Morgan fingerprint density at radius 3 is 2.40 bits per heavy atom. The van der Waals surface area contributed by atoms with Gasteiger partial charge in [0.05, 0.1) is 18.3 Å². The third-order valence-electron chi connectivity index (χ3n) is 6.42. The number of aryl methyl sites for hydroxylation is 1. The third-order valence-corrected chi connectivity index (χ3v) is 6.67. The van der Waals surface area contributed by atoms with Gasteiger partial charge in [-0.05, 0) is 48.7 Å².